The Bertz CT molecular complexity index is 1380. The fraction of sp³-hybridized carbons (Fsp3) is 0.103. The van der Waals surface area contributed by atoms with Gasteiger partial charge in [-0.1, -0.05) is 78.9 Å². The molecule has 3 unspecified atom stereocenters. The molecule has 2 aliphatic heterocycles. The smallest absolute Gasteiger partial charge is 0.267 e. The van der Waals surface area contributed by atoms with Crippen LogP contribution in [-0.2, 0) is 19.8 Å². The molecule has 4 aromatic carbocycles. The summed E-state index contributed by atoms with van der Waals surface area (Å²) in [6.07, 6.45) is -1.10. The first kappa shape index (κ1) is 21.3. The van der Waals surface area contributed by atoms with E-state index in [1.165, 1.54) is 24.3 Å². The molecule has 2 saturated heterocycles. The fourth-order valence-corrected chi connectivity index (χ4v) is 5.26. The number of hydrogen-bond donors (Lipinski definition) is 0. The molecular weight excluding hydrogens is 443 g/mol. The van der Waals surface area contributed by atoms with Gasteiger partial charge in [0, 0.05) is 0 Å². The largest absolute Gasteiger partial charge is 0.273 e. The Morgan fingerprint density at radius 3 is 1.89 bits per heavy atom. The Hall–Kier alpha value is -4.29. The number of carbonyl (C=O) groups is 2. The molecule has 0 aliphatic carbocycles. The SMILES string of the molecule is O=C1C2ON(c3ccccc3)C(c3ccccc3)C2(c2ccccc2)C(=O)N1c1ccc(F)cc1. The summed E-state index contributed by atoms with van der Waals surface area (Å²) in [5.74, 6) is -1.33. The molecule has 5 nitrogen and oxygen atoms in total. The van der Waals surface area contributed by atoms with Crippen LogP contribution in [0.25, 0.3) is 0 Å². The van der Waals surface area contributed by atoms with Gasteiger partial charge in [-0.3, -0.25) is 14.4 Å². The summed E-state index contributed by atoms with van der Waals surface area (Å²) in [5, 5.41) is 1.69. The number of hydroxylamine groups is 1. The van der Waals surface area contributed by atoms with Crippen molar-refractivity contribution in [3.63, 3.8) is 0 Å². The van der Waals surface area contributed by atoms with Crippen LogP contribution in [0.3, 0.4) is 0 Å². The first-order chi connectivity index (χ1) is 17.1. The van der Waals surface area contributed by atoms with Crippen LogP contribution >= 0.6 is 0 Å². The second-order valence-corrected chi connectivity index (χ2v) is 8.65. The Labute approximate surface area is 201 Å². The van der Waals surface area contributed by atoms with Crippen LogP contribution in [0, 0.1) is 5.82 Å². The average Bonchev–Trinajstić information content (AvgIpc) is 3.38. The van der Waals surface area contributed by atoms with Gasteiger partial charge >= 0.3 is 0 Å². The molecule has 3 atom stereocenters. The number of para-hydroxylation sites is 1. The summed E-state index contributed by atoms with van der Waals surface area (Å²) in [4.78, 5) is 35.9. The maximum atomic E-state index is 14.5. The fourth-order valence-electron chi connectivity index (χ4n) is 5.26. The summed E-state index contributed by atoms with van der Waals surface area (Å²) >= 11 is 0. The van der Waals surface area contributed by atoms with E-state index in [4.69, 9.17) is 4.84 Å². The molecule has 0 bridgehead atoms. The number of hydrogen-bond acceptors (Lipinski definition) is 4. The second kappa shape index (κ2) is 8.18. The maximum absolute atomic E-state index is 14.5. The highest BCUT2D eigenvalue weighted by Crippen LogP contribution is 2.57. The second-order valence-electron chi connectivity index (χ2n) is 8.65. The van der Waals surface area contributed by atoms with Crippen molar-refractivity contribution in [3.05, 3.63) is 132 Å². The maximum Gasteiger partial charge on any atom is 0.267 e. The van der Waals surface area contributed by atoms with Gasteiger partial charge < -0.3 is 0 Å². The van der Waals surface area contributed by atoms with Crippen molar-refractivity contribution in [2.75, 3.05) is 9.96 Å². The molecule has 35 heavy (non-hydrogen) atoms. The van der Waals surface area contributed by atoms with Crippen LogP contribution in [0.4, 0.5) is 15.8 Å². The lowest BCUT2D eigenvalue weighted by Gasteiger charge is -2.35. The normalized spacial score (nSPS) is 23.6. The lowest BCUT2D eigenvalue weighted by molar-refractivity contribution is -0.126. The van der Waals surface area contributed by atoms with E-state index in [9.17, 15) is 14.0 Å². The van der Waals surface area contributed by atoms with Crippen molar-refractivity contribution in [2.45, 2.75) is 17.6 Å². The molecule has 0 aromatic heterocycles. The van der Waals surface area contributed by atoms with Crippen molar-refractivity contribution in [3.8, 4) is 0 Å². The minimum atomic E-state index is -1.36. The molecule has 2 heterocycles. The minimum Gasteiger partial charge on any atom is -0.273 e. The summed E-state index contributed by atoms with van der Waals surface area (Å²) < 4.78 is 13.6. The summed E-state index contributed by atoms with van der Waals surface area (Å²) in [5.41, 5.74) is 1.21. The van der Waals surface area contributed by atoms with Gasteiger partial charge in [-0.05, 0) is 47.5 Å². The molecule has 6 heteroatoms. The molecule has 6 rings (SSSR count). The van der Waals surface area contributed by atoms with E-state index in [-0.39, 0.29) is 0 Å². The third kappa shape index (κ3) is 3.11. The van der Waals surface area contributed by atoms with E-state index < -0.39 is 35.2 Å². The Morgan fingerprint density at radius 2 is 1.26 bits per heavy atom. The highest BCUT2D eigenvalue weighted by Gasteiger charge is 2.72. The number of rotatable bonds is 4. The molecule has 2 amide bonds. The van der Waals surface area contributed by atoms with Gasteiger partial charge in [0.2, 0.25) is 5.91 Å². The van der Waals surface area contributed by atoms with Crippen LogP contribution in [0.1, 0.15) is 17.2 Å². The number of fused-ring (bicyclic) bond motifs is 1. The van der Waals surface area contributed by atoms with Crippen molar-refractivity contribution >= 4 is 23.2 Å². The molecule has 2 aliphatic rings. The van der Waals surface area contributed by atoms with E-state index in [1.54, 1.807) is 5.06 Å². The zero-order valence-corrected chi connectivity index (χ0v) is 18.6. The van der Waals surface area contributed by atoms with Crippen LogP contribution < -0.4 is 9.96 Å². The van der Waals surface area contributed by atoms with Crippen molar-refractivity contribution in [2.24, 2.45) is 0 Å². The highest BCUT2D eigenvalue weighted by atomic mass is 19.1. The number of amides is 2. The summed E-state index contributed by atoms with van der Waals surface area (Å²) in [6.45, 7) is 0. The third-order valence-corrected chi connectivity index (χ3v) is 6.76. The zero-order chi connectivity index (χ0) is 24.0. The van der Waals surface area contributed by atoms with Gasteiger partial charge in [-0.2, -0.15) is 0 Å². The molecule has 0 N–H and O–H groups in total. The predicted molar refractivity (Wildman–Crippen MR) is 130 cm³/mol. The number of benzene rings is 4. The molecule has 4 aromatic rings. The molecule has 0 saturated carbocycles. The van der Waals surface area contributed by atoms with E-state index in [0.717, 1.165) is 16.2 Å². The van der Waals surface area contributed by atoms with Crippen LogP contribution in [0.5, 0.6) is 0 Å². The average molecular weight is 464 g/mol. The number of carbonyl (C=O) groups excluding carboxylic acids is 2. The van der Waals surface area contributed by atoms with E-state index in [2.05, 4.69) is 0 Å². The van der Waals surface area contributed by atoms with Gasteiger partial charge in [-0.25, -0.2) is 14.4 Å². The van der Waals surface area contributed by atoms with Gasteiger partial charge in [0.25, 0.3) is 5.91 Å². The van der Waals surface area contributed by atoms with Crippen LogP contribution in [-0.4, -0.2) is 17.9 Å². The van der Waals surface area contributed by atoms with Crippen molar-refractivity contribution < 1.29 is 18.8 Å². The van der Waals surface area contributed by atoms with Crippen LogP contribution in [0.2, 0.25) is 0 Å². The highest BCUT2D eigenvalue weighted by molar-refractivity contribution is 6.28. The molecule has 172 valence electrons. The first-order valence-corrected chi connectivity index (χ1v) is 11.4. The van der Waals surface area contributed by atoms with Gasteiger partial charge in [-0.15, -0.1) is 0 Å². The number of imide groups is 1. The van der Waals surface area contributed by atoms with Gasteiger partial charge in [0.1, 0.15) is 17.3 Å². The standard InChI is InChI=1S/C29H21FN2O3/c30-22-16-18-23(19-17-22)31-27(33)26-29(28(31)34,21-12-6-2-7-13-21)25(20-10-4-1-5-11-20)32(35-26)24-14-8-3-9-15-24/h1-19,25-26H. The van der Waals surface area contributed by atoms with Crippen molar-refractivity contribution in [1.29, 1.82) is 0 Å². The van der Waals surface area contributed by atoms with E-state index in [1.807, 2.05) is 91.0 Å². The zero-order valence-electron chi connectivity index (χ0n) is 18.6. The Kier molecular flexibility index (Phi) is 4.97. The van der Waals surface area contributed by atoms with Crippen LogP contribution in [0.15, 0.2) is 115 Å². The minimum absolute atomic E-state index is 0.313. The number of anilines is 2. The van der Waals surface area contributed by atoms with Gasteiger partial charge in [0.05, 0.1) is 11.4 Å². The van der Waals surface area contributed by atoms with Gasteiger partial charge in [0.15, 0.2) is 6.10 Å². The quantitative estimate of drug-likeness (QED) is 0.390. The molecule has 0 spiro atoms. The molecule has 2 fully saturated rings. The van der Waals surface area contributed by atoms with E-state index in [0.29, 0.717) is 11.3 Å². The van der Waals surface area contributed by atoms with Crippen molar-refractivity contribution in [1.82, 2.24) is 0 Å². The third-order valence-electron chi connectivity index (χ3n) is 6.76. The lowest BCUT2D eigenvalue weighted by atomic mass is 9.69. The van der Waals surface area contributed by atoms with E-state index >= 15 is 0 Å². The first-order valence-electron chi connectivity index (χ1n) is 11.4. The lowest BCUT2D eigenvalue weighted by Crippen LogP contribution is -2.46. The number of halogens is 1. The number of nitrogens with zero attached hydrogens (tertiary/aromatic N) is 2. The molecule has 0 radical (unpaired) electrons. The molecular formula is C29H21FN2O3. The topological polar surface area (TPSA) is 49.9 Å². The Morgan fingerprint density at radius 1 is 0.686 bits per heavy atom. The Balaban J connectivity index is 1.61. The summed E-state index contributed by atoms with van der Waals surface area (Å²) in [7, 11) is 0. The monoisotopic (exact) mass is 464 g/mol. The predicted octanol–water partition coefficient (Wildman–Crippen LogP) is 5.20. The summed E-state index contributed by atoms with van der Waals surface area (Å²) in [6, 6.07) is 33.1.